The summed E-state index contributed by atoms with van der Waals surface area (Å²) in [6.07, 6.45) is 1.06. The molecule has 1 heterocycles. The second-order valence-electron chi connectivity index (χ2n) is 2.15. The van der Waals surface area contributed by atoms with Crippen molar-refractivity contribution >= 4 is 33.9 Å². The van der Waals surface area contributed by atoms with Crippen LogP contribution in [-0.2, 0) is 6.42 Å². The molecule has 0 aliphatic heterocycles. The van der Waals surface area contributed by atoms with E-state index in [9.17, 15) is 0 Å². The first-order valence-electron chi connectivity index (χ1n) is 3.32. The number of alkyl halides is 1. The maximum absolute atomic E-state index is 4.44. The number of hydrogen-bond donors (Lipinski definition) is 0. The molecule has 0 aliphatic rings. The zero-order valence-electron chi connectivity index (χ0n) is 6.10. The van der Waals surface area contributed by atoms with Crippen LogP contribution in [0, 0.1) is 0 Å². The van der Waals surface area contributed by atoms with Crippen LogP contribution in [0.1, 0.15) is 28.5 Å². The van der Waals surface area contributed by atoms with Gasteiger partial charge in [-0.05, 0) is 13.3 Å². The number of aromatic nitrogens is 1. The van der Waals surface area contributed by atoms with E-state index in [2.05, 4.69) is 46.8 Å². The highest BCUT2D eigenvalue weighted by atomic mass is 127. The Balaban J connectivity index is 2.78. The lowest BCUT2D eigenvalue weighted by atomic mass is 10.4. The summed E-state index contributed by atoms with van der Waals surface area (Å²) < 4.78 is 0.558. The average Bonchev–Trinajstić information content (AvgIpc) is 2.34. The largest absolute Gasteiger partial charge is 0.245 e. The third-order valence-corrected chi connectivity index (χ3v) is 3.36. The minimum atomic E-state index is 0.558. The second kappa shape index (κ2) is 3.67. The lowest BCUT2D eigenvalue weighted by Gasteiger charge is -1.93. The maximum atomic E-state index is 4.44. The van der Waals surface area contributed by atoms with E-state index in [0.29, 0.717) is 3.92 Å². The number of hydrogen-bond acceptors (Lipinski definition) is 2. The highest BCUT2D eigenvalue weighted by Crippen LogP contribution is 2.25. The van der Waals surface area contributed by atoms with Gasteiger partial charge in [0.25, 0.3) is 0 Å². The topological polar surface area (TPSA) is 12.9 Å². The molecule has 1 rings (SSSR count). The van der Waals surface area contributed by atoms with Gasteiger partial charge in [-0.3, -0.25) is 0 Å². The van der Waals surface area contributed by atoms with Gasteiger partial charge in [-0.1, -0.05) is 29.5 Å². The number of aryl methyl sites for hydroxylation is 1. The molecular weight excluding hydrogens is 257 g/mol. The van der Waals surface area contributed by atoms with Crippen LogP contribution < -0.4 is 0 Å². The number of halogens is 1. The van der Waals surface area contributed by atoms with Gasteiger partial charge in [0.2, 0.25) is 0 Å². The molecule has 0 fully saturated rings. The van der Waals surface area contributed by atoms with Gasteiger partial charge in [0.1, 0.15) is 5.01 Å². The molecule has 0 saturated carbocycles. The molecule has 0 aromatic carbocycles. The molecule has 0 spiro atoms. The van der Waals surface area contributed by atoms with Gasteiger partial charge in [-0.25, -0.2) is 4.98 Å². The van der Waals surface area contributed by atoms with Gasteiger partial charge >= 0.3 is 0 Å². The van der Waals surface area contributed by atoms with Gasteiger partial charge in [-0.15, -0.1) is 11.3 Å². The molecule has 56 valence electrons. The van der Waals surface area contributed by atoms with Crippen molar-refractivity contribution in [2.75, 3.05) is 0 Å². The molecule has 0 saturated heterocycles. The first-order valence-corrected chi connectivity index (χ1v) is 5.45. The van der Waals surface area contributed by atoms with E-state index < -0.39 is 0 Å². The van der Waals surface area contributed by atoms with Crippen LogP contribution in [-0.4, -0.2) is 4.98 Å². The Morgan fingerprint density at radius 1 is 1.80 bits per heavy atom. The van der Waals surface area contributed by atoms with Gasteiger partial charge in [-0.2, -0.15) is 0 Å². The fraction of sp³-hybridized carbons (Fsp3) is 0.571. The van der Waals surface area contributed by atoms with Crippen LogP contribution in [0.25, 0.3) is 0 Å². The molecule has 10 heavy (non-hydrogen) atoms. The zero-order chi connectivity index (χ0) is 7.56. The Labute approximate surface area is 79.0 Å². The van der Waals surface area contributed by atoms with E-state index in [0.717, 1.165) is 6.42 Å². The Morgan fingerprint density at radius 3 is 2.80 bits per heavy atom. The van der Waals surface area contributed by atoms with Crippen LogP contribution in [0.2, 0.25) is 0 Å². The molecule has 0 aliphatic carbocycles. The first-order chi connectivity index (χ1) is 4.74. The summed E-state index contributed by atoms with van der Waals surface area (Å²) in [7, 11) is 0. The smallest absolute Gasteiger partial charge is 0.105 e. The van der Waals surface area contributed by atoms with Crippen molar-refractivity contribution in [3.8, 4) is 0 Å². The monoisotopic (exact) mass is 267 g/mol. The highest BCUT2D eigenvalue weighted by Gasteiger charge is 2.04. The van der Waals surface area contributed by atoms with Crippen molar-refractivity contribution in [3.05, 3.63) is 16.1 Å². The van der Waals surface area contributed by atoms with Crippen LogP contribution in [0.3, 0.4) is 0 Å². The maximum Gasteiger partial charge on any atom is 0.105 e. The van der Waals surface area contributed by atoms with Crippen LogP contribution in [0.4, 0.5) is 0 Å². The van der Waals surface area contributed by atoms with E-state index in [1.165, 1.54) is 10.7 Å². The van der Waals surface area contributed by atoms with E-state index in [1.807, 2.05) is 0 Å². The van der Waals surface area contributed by atoms with Crippen molar-refractivity contribution in [2.24, 2.45) is 0 Å². The van der Waals surface area contributed by atoms with Crippen molar-refractivity contribution in [2.45, 2.75) is 24.2 Å². The minimum Gasteiger partial charge on any atom is -0.245 e. The third kappa shape index (κ3) is 1.92. The van der Waals surface area contributed by atoms with Gasteiger partial charge in [0.05, 0.1) is 9.62 Å². The lowest BCUT2D eigenvalue weighted by molar-refractivity contribution is 1.01. The molecule has 0 radical (unpaired) electrons. The van der Waals surface area contributed by atoms with Gasteiger partial charge < -0.3 is 0 Å². The van der Waals surface area contributed by atoms with E-state index in [-0.39, 0.29) is 0 Å². The summed E-state index contributed by atoms with van der Waals surface area (Å²) in [5.74, 6) is 0. The van der Waals surface area contributed by atoms with E-state index in [1.54, 1.807) is 11.3 Å². The number of thiazole rings is 1. The molecule has 1 atom stereocenters. The van der Waals surface area contributed by atoms with E-state index in [4.69, 9.17) is 0 Å². The van der Waals surface area contributed by atoms with E-state index >= 15 is 0 Å². The molecule has 0 N–H and O–H groups in total. The fourth-order valence-electron chi connectivity index (χ4n) is 0.668. The van der Waals surface area contributed by atoms with Crippen molar-refractivity contribution in [1.29, 1.82) is 0 Å². The summed E-state index contributed by atoms with van der Waals surface area (Å²) in [5, 5.41) is 3.39. The summed E-state index contributed by atoms with van der Waals surface area (Å²) in [5.41, 5.74) is 1.23. The van der Waals surface area contributed by atoms with Crippen molar-refractivity contribution < 1.29 is 0 Å². The molecule has 1 aromatic rings. The Bertz CT molecular complexity index is 207. The predicted octanol–water partition coefficient (Wildman–Crippen LogP) is 3.20. The third-order valence-electron chi connectivity index (χ3n) is 1.27. The van der Waals surface area contributed by atoms with Gasteiger partial charge in [0, 0.05) is 5.38 Å². The fourth-order valence-corrected chi connectivity index (χ4v) is 2.08. The normalized spacial score (nSPS) is 13.5. The van der Waals surface area contributed by atoms with Crippen LogP contribution in [0.15, 0.2) is 5.38 Å². The lowest BCUT2D eigenvalue weighted by Crippen LogP contribution is -1.83. The highest BCUT2D eigenvalue weighted by molar-refractivity contribution is 14.1. The Hall–Kier alpha value is 0.360. The minimum absolute atomic E-state index is 0.558. The van der Waals surface area contributed by atoms with Crippen molar-refractivity contribution in [3.63, 3.8) is 0 Å². The van der Waals surface area contributed by atoms with Crippen LogP contribution in [0.5, 0.6) is 0 Å². The van der Waals surface area contributed by atoms with Gasteiger partial charge in [0.15, 0.2) is 0 Å². The Kier molecular flexibility index (Phi) is 3.10. The summed E-state index contributed by atoms with van der Waals surface area (Å²) in [4.78, 5) is 4.44. The first kappa shape index (κ1) is 8.46. The number of rotatable bonds is 2. The molecule has 0 bridgehead atoms. The standard InChI is InChI=1S/C7H10INS/c1-3-6-4-10-7(9-6)5(2)8/h4-5H,3H2,1-2H3. The Morgan fingerprint density at radius 2 is 2.50 bits per heavy atom. The second-order valence-corrected chi connectivity index (χ2v) is 4.90. The molecular formula is C7H10INS. The predicted molar refractivity (Wildman–Crippen MR) is 53.9 cm³/mol. The van der Waals surface area contributed by atoms with Crippen LogP contribution >= 0.6 is 33.9 Å². The summed E-state index contributed by atoms with van der Waals surface area (Å²) in [6.45, 7) is 4.30. The van der Waals surface area contributed by atoms with Crippen molar-refractivity contribution in [1.82, 2.24) is 4.98 Å². The number of nitrogens with zero attached hydrogens (tertiary/aromatic N) is 1. The molecule has 1 unspecified atom stereocenters. The molecule has 3 heteroatoms. The molecule has 1 nitrogen and oxygen atoms in total. The SMILES string of the molecule is CCc1csc(C(C)I)n1. The molecule has 1 aromatic heterocycles. The quantitative estimate of drug-likeness (QED) is 0.592. The average molecular weight is 267 g/mol. The summed E-state index contributed by atoms with van der Waals surface area (Å²) >= 11 is 4.15. The summed E-state index contributed by atoms with van der Waals surface area (Å²) in [6, 6.07) is 0. The zero-order valence-corrected chi connectivity index (χ0v) is 9.07. The molecule has 0 amide bonds.